The van der Waals surface area contributed by atoms with Crippen molar-refractivity contribution >= 4 is 21.9 Å². The number of aromatic carboxylic acids is 1. The average molecular weight is 298 g/mol. The van der Waals surface area contributed by atoms with E-state index in [0.29, 0.717) is 0 Å². The van der Waals surface area contributed by atoms with Crippen LogP contribution in [0.1, 0.15) is 16.1 Å². The highest BCUT2D eigenvalue weighted by atomic mass is 79.9. The van der Waals surface area contributed by atoms with Gasteiger partial charge in [-0.15, -0.1) is 0 Å². The van der Waals surface area contributed by atoms with E-state index in [1.54, 1.807) is 12.3 Å². The van der Waals surface area contributed by atoms with Crippen molar-refractivity contribution in [2.45, 2.75) is 6.54 Å². The van der Waals surface area contributed by atoms with Crippen LogP contribution in [0.5, 0.6) is 0 Å². The molecule has 6 heteroatoms. The van der Waals surface area contributed by atoms with Gasteiger partial charge >= 0.3 is 5.97 Å². The van der Waals surface area contributed by atoms with Crippen molar-refractivity contribution in [3.05, 3.63) is 56.8 Å². The highest BCUT2D eigenvalue weighted by molar-refractivity contribution is 9.10. The Balaban J connectivity index is 2.38. The van der Waals surface area contributed by atoms with Crippen LogP contribution in [0.3, 0.4) is 0 Å². The predicted octanol–water partition coefficient (Wildman–Crippen LogP) is 1.95. The van der Waals surface area contributed by atoms with Gasteiger partial charge in [-0.3, -0.25) is 4.79 Å². The molecule has 1 N–H and O–H groups in total. The van der Waals surface area contributed by atoms with Crippen molar-refractivity contribution in [1.29, 1.82) is 0 Å². The van der Waals surface area contributed by atoms with Gasteiger partial charge < -0.3 is 14.1 Å². The van der Waals surface area contributed by atoms with Crippen LogP contribution in [-0.2, 0) is 6.54 Å². The van der Waals surface area contributed by atoms with Crippen LogP contribution in [0.25, 0.3) is 0 Å². The normalized spacial score (nSPS) is 10.4. The Labute approximate surface area is 104 Å². The van der Waals surface area contributed by atoms with E-state index in [0.717, 1.165) is 4.47 Å². The van der Waals surface area contributed by atoms with Crippen molar-refractivity contribution in [3.63, 3.8) is 0 Å². The molecule has 0 radical (unpaired) electrons. The molecule has 0 bridgehead atoms. The molecule has 5 nitrogen and oxygen atoms in total. The molecule has 0 aliphatic heterocycles. The number of rotatable bonds is 3. The van der Waals surface area contributed by atoms with Gasteiger partial charge in [-0.05, 0) is 28.1 Å². The van der Waals surface area contributed by atoms with Crippen molar-refractivity contribution in [2.75, 3.05) is 0 Å². The fourth-order valence-electron chi connectivity index (χ4n) is 1.43. The second-order valence-electron chi connectivity index (χ2n) is 3.38. The second-order valence-corrected chi connectivity index (χ2v) is 4.29. The Kier molecular flexibility index (Phi) is 3.14. The van der Waals surface area contributed by atoms with Crippen LogP contribution < -0.4 is 5.56 Å². The quantitative estimate of drug-likeness (QED) is 0.940. The molecule has 0 unspecified atom stereocenters. The van der Waals surface area contributed by atoms with Crippen LogP contribution in [-0.4, -0.2) is 15.6 Å². The first-order chi connectivity index (χ1) is 8.08. The summed E-state index contributed by atoms with van der Waals surface area (Å²) in [4.78, 5) is 22.4. The van der Waals surface area contributed by atoms with Gasteiger partial charge in [-0.25, -0.2) is 4.79 Å². The van der Waals surface area contributed by atoms with Crippen molar-refractivity contribution in [2.24, 2.45) is 0 Å². The fourth-order valence-corrected chi connectivity index (χ4v) is 1.81. The molecule has 0 fully saturated rings. The predicted molar refractivity (Wildman–Crippen MR) is 63.2 cm³/mol. The first kappa shape index (κ1) is 11.7. The maximum absolute atomic E-state index is 11.5. The summed E-state index contributed by atoms with van der Waals surface area (Å²) in [6, 6.07) is 4.38. The maximum Gasteiger partial charge on any atom is 0.339 e. The number of furan rings is 1. The second kappa shape index (κ2) is 4.58. The highest BCUT2D eigenvalue weighted by Gasteiger charge is 2.13. The third kappa shape index (κ3) is 2.47. The Morgan fingerprint density at radius 2 is 2.18 bits per heavy atom. The first-order valence-electron chi connectivity index (χ1n) is 4.73. The maximum atomic E-state index is 11.5. The molecule has 0 aromatic carbocycles. The molecule has 0 aliphatic rings. The molecule has 0 atom stereocenters. The highest BCUT2D eigenvalue weighted by Crippen LogP contribution is 2.13. The van der Waals surface area contributed by atoms with Gasteiger partial charge in [0.25, 0.3) is 5.56 Å². The Morgan fingerprint density at radius 1 is 1.41 bits per heavy atom. The number of pyridine rings is 1. The summed E-state index contributed by atoms with van der Waals surface area (Å²) in [6.45, 7) is 0.0902. The third-order valence-corrected chi connectivity index (χ3v) is 2.71. The zero-order chi connectivity index (χ0) is 12.4. The smallest absolute Gasteiger partial charge is 0.339 e. The van der Waals surface area contributed by atoms with Crippen molar-refractivity contribution in [3.8, 4) is 0 Å². The number of aromatic nitrogens is 1. The lowest BCUT2D eigenvalue weighted by Crippen LogP contribution is -2.19. The summed E-state index contributed by atoms with van der Waals surface area (Å²) >= 11 is 3.24. The SMILES string of the molecule is O=C(O)c1ccoc1Cn1cc(Br)ccc1=O. The summed E-state index contributed by atoms with van der Waals surface area (Å²) in [7, 11) is 0. The van der Waals surface area contributed by atoms with E-state index in [1.807, 2.05) is 0 Å². The van der Waals surface area contributed by atoms with Gasteiger partial charge in [0.05, 0.1) is 12.8 Å². The number of nitrogens with zero attached hydrogens (tertiary/aromatic N) is 1. The molecule has 0 amide bonds. The van der Waals surface area contributed by atoms with Crippen molar-refractivity contribution in [1.82, 2.24) is 4.57 Å². The van der Waals surface area contributed by atoms with E-state index in [2.05, 4.69) is 15.9 Å². The Hall–Kier alpha value is -1.82. The van der Waals surface area contributed by atoms with Gasteiger partial charge in [0.2, 0.25) is 0 Å². The molecule has 17 heavy (non-hydrogen) atoms. The molecule has 2 aromatic rings. The van der Waals surface area contributed by atoms with E-state index in [-0.39, 0.29) is 23.4 Å². The van der Waals surface area contributed by atoms with E-state index in [1.165, 1.54) is 23.0 Å². The molecule has 0 saturated carbocycles. The molecule has 0 aliphatic carbocycles. The number of carboxylic acids is 1. The summed E-state index contributed by atoms with van der Waals surface area (Å²) in [5.41, 5.74) is -0.155. The topological polar surface area (TPSA) is 72.4 Å². The van der Waals surface area contributed by atoms with Crippen LogP contribution in [0, 0.1) is 0 Å². The van der Waals surface area contributed by atoms with E-state index >= 15 is 0 Å². The number of carbonyl (C=O) groups is 1. The van der Waals surface area contributed by atoms with Gasteiger partial charge in [-0.2, -0.15) is 0 Å². The molecule has 0 saturated heterocycles. The Bertz CT molecular complexity index is 614. The van der Waals surface area contributed by atoms with Gasteiger partial charge in [0.15, 0.2) is 0 Å². The monoisotopic (exact) mass is 297 g/mol. The lowest BCUT2D eigenvalue weighted by molar-refractivity contribution is 0.0694. The van der Waals surface area contributed by atoms with Crippen LogP contribution >= 0.6 is 15.9 Å². The minimum Gasteiger partial charge on any atom is -0.478 e. The fraction of sp³-hybridized carbons (Fsp3) is 0.0909. The summed E-state index contributed by atoms with van der Waals surface area (Å²) in [6.07, 6.45) is 2.87. The lowest BCUT2D eigenvalue weighted by atomic mass is 10.2. The van der Waals surface area contributed by atoms with E-state index < -0.39 is 5.97 Å². The molecule has 88 valence electrons. The number of hydrogen-bond donors (Lipinski definition) is 1. The standard InChI is InChI=1S/C11H8BrNO4/c12-7-1-2-10(14)13(5-7)6-9-8(11(15)16)3-4-17-9/h1-5H,6H2,(H,15,16). The number of hydrogen-bond acceptors (Lipinski definition) is 3. The van der Waals surface area contributed by atoms with E-state index in [4.69, 9.17) is 9.52 Å². The number of halogens is 1. The minimum atomic E-state index is -1.07. The Morgan fingerprint density at radius 3 is 2.88 bits per heavy atom. The molecule has 2 aromatic heterocycles. The summed E-state index contributed by atoms with van der Waals surface area (Å²) in [5, 5.41) is 8.90. The van der Waals surface area contributed by atoms with Crippen LogP contribution in [0.4, 0.5) is 0 Å². The minimum absolute atomic E-state index is 0.0666. The zero-order valence-corrected chi connectivity index (χ0v) is 10.2. The molecular weight excluding hydrogens is 290 g/mol. The van der Waals surface area contributed by atoms with Crippen LogP contribution in [0.2, 0.25) is 0 Å². The molecular formula is C11H8BrNO4. The summed E-state index contributed by atoms with van der Waals surface area (Å²) < 4.78 is 7.18. The lowest BCUT2D eigenvalue weighted by Gasteiger charge is -2.04. The first-order valence-corrected chi connectivity index (χ1v) is 5.53. The van der Waals surface area contributed by atoms with Crippen LogP contribution in [0.15, 0.2) is 44.3 Å². The average Bonchev–Trinajstić information content (AvgIpc) is 2.71. The number of carboxylic acid groups (broad SMARTS) is 1. The molecule has 2 heterocycles. The van der Waals surface area contributed by atoms with Gasteiger partial charge in [-0.1, -0.05) is 0 Å². The zero-order valence-electron chi connectivity index (χ0n) is 8.59. The summed E-state index contributed by atoms with van der Waals surface area (Å²) in [5.74, 6) is -0.825. The van der Waals surface area contributed by atoms with E-state index in [9.17, 15) is 9.59 Å². The van der Waals surface area contributed by atoms with Crippen molar-refractivity contribution < 1.29 is 14.3 Å². The van der Waals surface area contributed by atoms with Gasteiger partial charge in [0, 0.05) is 16.7 Å². The third-order valence-electron chi connectivity index (χ3n) is 2.24. The molecule has 2 rings (SSSR count). The largest absolute Gasteiger partial charge is 0.478 e. The van der Waals surface area contributed by atoms with Gasteiger partial charge in [0.1, 0.15) is 11.3 Å². The molecule has 0 spiro atoms.